The number of aryl methyl sites for hydroxylation is 1. The first-order valence-electron chi connectivity index (χ1n) is 8.65. The van der Waals surface area contributed by atoms with Crippen molar-refractivity contribution in [2.75, 3.05) is 34.5 Å². The normalized spacial score (nSPS) is 11.0. The Kier molecular flexibility index (Phi) is 6.17. The highest BCUT2D eigenvalue weighted by Gasteiger charge is 2.22. The molecule has 2 heterocycles. The Bertz CT molecular complexity index is 969. The summed E-state index contributed by atoms with van der Waals surface area (Å²) in [6.45, 7) is 2.48. The number of ether oxygens (including phenoxy) is 4. The van der Waals surface area contributed by atoms with E-state index in [0.717, 1.165) is 16.9 Å². The van der Waals surface area contributed by atoms with E-state index in [1.165, 1.54) is 7.11 Å². The summed E-state index contributed by atoms with van der Waals surface area (Å²) in [4.78, 5) is 12.3. The van der Waals surface area contributed by atoms with Crippen LogP contribution >= 0.6 is 0 Å². The number of aromatic nitrogens is 4. The fourth-order valence-electron chi connectivity index (χ4n) is 2.82. The van der Waals surface area contributed by atoms with Crippen molar-refractivity contribution in [2.45, 2.75) is 13.5 Å². The molecular formula is C19H22N4O5. The van der Waals surface area contributed by atoms with Gasteiger partial charge in [-0.1, -0.05) is 12.1 Å². The van der Waals surface area contributed by atoms with E-state index in [2.05, 4.69) is 15.3 Å². The van der Waals surface area contributed by atoms with Gasteiger partial charge < -0.3 is 18.9 Å². The third-order valence-electron chi connectivity index (χ3n) is 4.21. The maximum Gasteiger partial charge on any atom is 0.360 e. The minimum absolute atomic E-state index is 0.108. The van der Waals surface area contributed by atoms with Gasteiger partial charge in [0.25, 0.3) is 0 Å². The molecule has 0 radical (unpaired) electrons. The molecule has 28 heavy (non-hydrogen) atoms. The Hall–Kier alpha value is -3.04. The monoisotopic (exact) mass is 386 g/mol. The van der Waals surface area contributed by atoms with Crippen molar-refractivity contribution in [3.8, 4) is 16.9 Å². The third-order valence-corrected chi connectivity index (χ3v) is 4.21. The van der Waals surface area contributed by atoms with Crippen LogP contribution in [0.25, 0.3) is 16.8 Å². The number of nitrogens with zero attached hydrogens (tertiary/aromatic N) is 4. The van der Waals surface area contributed by atoms with Crippen molar-refractivity contribution in [1.29, 1.82) is 0 Å². The van der Waals surface area contributed by atoms with Crippen LogP contribution in [0, 0.1) is 6.92 Å². The van der Waals surface area contributed by atoms with E-state index < -0.39 is 5.97 Å². The SMILES string of the molecule is COCCOC(=O)c1nnc2c(-c3ccc(OC)cc3)c(COC)nn2c1C. The van der Waals surface area contributed by atoms with Gasteiger partial charge >= 0.3 is 5.97 Å². The van der Waals surface area contributed by atoms with E-state index in [9.17, 15) is 4.79 Å². The van der Waals surface area contributed by atoms with Gasteiger partial charge in [0, 0.05) is 14.2 Å². The molecule has 0 saturated heterocycles. The lowest BCUT2D eigenvalue weighted by molar-refractivity contribution is 0.0378. The van der Waals surface area contributed by atoms with Crippen LogP contribution in [-0.2, 0) is 20.8 Å². The zero-order valence-electron chi connectivity index (χ0n) is 16.3. The number of methoxy groups -OCH3 is 3. The van der Waals surface area contributed by atoms with Gasteiger partial charge in [-0.05, 0) is 24.6 Å². The Labute approximate surface area is 162 Å². The second-order valence-corrected chi connectivity index (χ2v) is 5.98. The van der Waals surface area contributed by atoms with Crippen molar-refractivity contribution in [3.63, 3.8) is 0 Å². The maximum atomic E-state index is 12.3. The molecule has 0 aliphatic rings. The van der Waals surface area contributed by atoms with Gasteiger partial charge in [-0.3, -0.25) is 0 Å². The molecular weight excluding hydrogens is 364 g/mol. The molecule has 3 rings (SSSR count). The molecule has 0 unspecified atom stereocenters. The lowest BCUT2D eigenvalue weighted by Crippen LogP contribution is -2.16. The van der Waals surface area contributed by atoms with Crippen molar-refractivity contribution in [2.24, 2.45) is 0 Å². The molecule has 9 heteroatoms. The van der Waals surface area contributed by atoms with E-state index in [-0.39, 0.29) is 18.9 Å². The summed E-state index contributed by atoms with van der Waals surface area (Å²) in [5, 5.41) is 12.9. The third kappa shape index (κ3) is 3.80. The number of hydrogen-bond donors (Lipinski definition) is 0. The molecule has 0 spiro atoms. The topological polar surface area (TPSA) is 97.1 Å². The maximum absolute atomic E-state index is 12.3. The zero-order valence-corrected chi connectivity index (χ0v) is 16.3. The lowest BCUT2D eigenvalue weighted by atomic mass is 10.1. The van der Waals surface area contributed by atoms with Gasteiger partial charge in [0.15, 0.2) is 11.3 Å². The molecule has 0 aliphatic heterocycles. The standard InChI is InChI=1S/C19H22N4O5/c1-12-17(19(24)28-10-9-25-2)20-21-18-16(15(11-26-3)22-23(12)18)13-5-7-14(27-4)8-6-13/h5-8H,9-11H2,1-4H3. The summed E-state index contributed by atoms with van der Waals surface area (Å²) in [5.74, 6) is 0.176. The molecule has 2 aromatic heterocycles. The minimum Gasteiger partial charge on any atom is -0.497 e. The molecule has 9 nitrogen and oxygen atoms in total. The summed E-state index contributed by atoms with van der Waals surface area (Å²) in [5.41, 5.74) is 3.55. The summed E-state index contributed by atoms with van der Waals surface area (Å²) in [6, 6.07) is 7.55. The quantitative estimate of drug-likeness (QED) is 0.429. The van der Waals surface area contributed by atoms with Crippen LogP contribution in [0.4, 0.5) is 0 Å². The predicted octanol–water partition coefficient (Wildman–Crippen LogP) is 2.06. The van der Waals surface area contributed by atoms with E-state index in [1.807, 2.05) is 24.3 Å². The van der Waals surface area contributed by atoms with Crippen LogP contribution in [0.5, 0.6) is 5.75 Å². The average molecular weight is 386 g/mol. The number of esters is 1. The summed E-state index contributed by atoms with van der Waals surface area (Å²) in [6.07, 6.45) is 0. The lowest BCUT2D eigenvalue weighted by Gasteiger charge is -2.07. The van der Waals surface area contributed by atoms with E-state index in [4.69, 9.17) is 18.9 Å². The highest BCUT2D eigenvalue weighted by atomic mass is 16.6. The molecule has 0 atom stereocenters. The van der Waals surface area contributed by atoms with Crippen molar-refractivity contribution >= 4 is 11.6 Å². The Morgan fingerprint density at radius 3 is 2.43 bits per heavy atom. The molecule has 3 aromatic rings. The predicted molar refractivity (Wildman–Crippen MR) is 100 cm³/mol. The van der Waals surface area contributed by atoms with Crippen LogP contribution in [0.2, 0.25) is 0 Å². The highest BCUT2D eigenvalue weighted by Crippen LogP contribution is 2.30. The number of carbonyl (C=O) groups is 1. The molecule has 0 bridgehead atoms. The molecule has 148 valence electrons. The number of benzene rings is 1. The first-order chi connectivity index (χ1) is 13.6. The van der Waals surface area contributed by atoms with Crippen LogP contribution in [-0.4, -0.2) is 60.3 Å². The van der Waals surface area contributed by atoms with Gasteiger partial charge in [-0.2, -0.15) is 5.10 Å². The second kappa shape index (κ2) is 8.77. The zero-order chi connectivity index (χ0) is 20.1. The van der Waals surface area contributed by atoms with Crippen molar-refractivity contribution in [3.05, 3.63) is 41.3 Å². The summed E-state index contributed by atoms with van der Waals surface area (Å²) >= 11 is 0. The van der Waals surface area contributed by atoms with Gasteiger partial charge in [-0.15, -0.1) is 10.2 Å². The molecule has 0 saturated carbocycles. The fraction of sp³-hybridized carbons (Fsp3) is 0.368. The molecule has 0 amide bonds. The highest BCUT2D eigenvalue weighted by molar-refractivity contribution is 5.89. The smallest absolute Gasteiger partial charge is 0.360 e. The van der Waals surface area contributed by atoms with Crippen LogP contribution in [0.3, 0.4) is 0 Å². The number of rotatable bonds is 8. The average Bonchev–Trinajstić information content (AvgIpc) is 3.08. The number of fused-ring (bicyclic) bond motifs is 1. The Balaban J connectivity index is 2.07. The van der Waals surface area contributed by atoms with Gasteiger partial charge in [0.1, 0.15) is 12.4 Å². The first kappa shape index (κ1) is 19.7. The minimum atomic E-state index is -0.571. The van der Waals surface area contributed by atoms with Crippen LogP contribution < -0.4 is 4.74 Å². The molecule has 0 N–H and O–H groups in total. The van der Waals surface area contributed by atoms with Gasteiger partial charge in [0.05, 0.1) is 37.3 Å². The van der Waals surface area contributed by atoms with E-state index in [1.54, 1.807) is 25.7 Å². The molecule has 0 fully saturated rings. The Morgan fingerprint density at radius 1 is 1.04 bits per heavy atom. The largest absolute Gasteiger partial charge is 0.497 e. The van der Waals surface area contributed by atoms with E-state index >= 15 is 0 Å². The van der Waals surface area contributed by atoms with E-state index in [0.29, 0.717) is 23.6 Å². The van der Waals surface area contributed by atoms with Crippen LogP contribution in [0.1, 0.15) is 21.9 Å². The Morgan fingerprint density at radius 2 is 1.79 bits per heavy atom. The second-order valence-electron chi connectivity index (χ2n) is 5.98. The molecule has 0 aliphatic carbocycles. The molecule has 1 aromatic carbocycles. The summed E-state index contributed by atoms with van der Waals surface area (Å²) < 4.78 is 22.1. The van der Waals surface area contributed by atoms with Crippen molar-refractivity contribution in [1.82, 2.24) is 19.8 Å². The number of hydrogen-bond acceptors (Lipinski definition) is 8. The summed E-state index contributed by atoms with van der Waals surface area (Å²) in [7, 11) is 4.74. The van der Waals surface area contributed by atoms with Crippen LogP contribution in [0.15, 0.2) is 24.3 Å². The number of carbonyl (C=O) groups excluding carboxylic acids is 1. The fourth-order valence-corrected chi connectivity index (χ4v) is 2.82. The van der Waals surface area contributed by atoms with Gasteiger partial charge in [-0.25, -0.2) is 9.31 Å². The first-order valence-corrected chi connectivity index (χ1v) is 8.65. The van der Waals surface area contributed by atoms with Gasteiger partial charge in [0.2, 0.25) is 0 Å². The van der Waals surface area contributed by atoms with Crippen molar-refractivity contribution < 1.29 is 23.7 Å².